The first-order chi connectivity index (χ1) is 9.31. The highest BCUT2D eigenvalue weighted by molar-refractivity contribution is 7.94. The Bertz CT molecular complexity index is 588. The molecule has 1 unspecified atom stereocenters. The van der Waals surface area contributed by atoms with Crippen LogP contribution in [0.25, 0.3) is 0 Å². The van der Waals surface area contributed by atoms with E-state index in [2.05, 4.69) is 0 Å². The van der Waals surface area contributed by atoms with E-state index in [9.17, 15) is 23.1 Å². The largest absolute Gasteiger partial charge is 0.480 e. The number of hydrogen-bond acceptors (Lipinski definition) is 4. The second kappa shape index (κ2) is 6.17. The Morgan fingerprint density at radius 1 is 1.30 bits per heavy atom. The molecule has 0 saturated heterocycles. The van der Waals surface area contributed by atoms with E-state index in [0.29, 0.717) is 12.8 Å². The summed E-state index contributed by atoms with van der Waals surface area (Å²) in [6.45, 7) is 3.59. The molecule has 5 nitrogen and oxygen atoms in total. The number of aryl methyl sites for hydroxylation is 1. The van der Waals surface area contributed by atoms with Crippen LogP contribution in [0.2, 0.25) is 0 Å². The van der Waals surface area contributed by atoms with Gasteiger partial charge < -0.3 is 9.90 Å². The predicted octanol–water partition coefficient (Wildman–Crippen LogP) is 1.98. The van der Waals surface area contributed by atoms with E-state index in [1.54, 1.807) is 26.0 Å². The summed E-state index contributed by atoms with van der Waals surface area (Å²) in [6, 6.07) is 5.81. The van der Waals surface area contributed by atoms with Crippen molar-refractivity contribution in [2.24, 2.45) is 0 Å². The maximum Gasteiger partial charge on any atom is 0.332 e. The average molecular weight is 298 g/mol. The van der Waals surface area contributed by atoms with E-state index in [-0.39, 0.29) is 17.6 Å². The Labute approximate surface area is 118 Å². The number of rotatable bonds is 7. The lowest BCUT2D eigenvalue weighted by atomic mass is 10.0. The van der Waals surface area contributed by atoms with Gasteiger partial charge in [0.1, 0.15) is 0 Å². The summed E-state index contributed by atoms with van der Waals surface area (Å²) in [4.78, 5) is 22.6. The number of carboxylic acids is 1. The molecule has 0 aliphatic rings. The molecule has 0 amide bonds. The molecular weight excluding hydrogens is 280 g/mol. The minimum Gasteiger partial charge on any atom is -0.480 e. The van der Waals surface area contributed by atoms with Gasteiger partial charge in [0.25, 0.3) is 0 Å². The molecule has 1 aromatic rings. The Morgan fingerprint density at radius 3 is 2.25 bits per heavy atom. The van der Waals surface area contributed by atoms with Gasteiger partial charge in [-0.1, -0.05) is 37.5 Å². The van der Waals surface area contributed by atoms with Crippen molar-refractivity contribution in [3.8, 4) is 0 Å². The zero-order chi connectivity index (χ0) is 15.4. The molecule has 0 radical (unpaired) electrons. The summed E-state index contributed by atoms with van der Waals surface area (Å²) in [7, 11) is -4.27. The van der Waals surface area contributed by atoms with Crippen LogP contribution in [0.4, 0.5) is 0 Å². The highest BCUT2D eigenvalue weighted by Crippen LogP contribution is 2.30. The van der Waals surface area contributed by atoms with Gasteiger partial charge in [0, 0.05) is 0 Å². The fraction of sp³-hybridized carbons (Fsp3) is 0.429. The van der Waals surface area contributed by atoms with Crippen molar-refractivity contribution < 1.29 is 23.1 Å². The van der Waals surface area contributed by atoms with Crippen molar-refractivity contribution in [1.29, 1.82) is 0 Å². The molecule has 0 aromatic heterocycles. The molecule has 1 N–H and O–H groups in total. The lowest BCUT2D eigenvalue weighted by Crippen LogP contribution is -2.48. The Kier molecular flexibility index (Phi) is 5.05. The number of benzene rings is 1. The van der Waals surface area contributed by atoms with Crippen LogP contribution in [0.3, 0.4) is 0 Å². The molecule has 1 atom stereocenters. The number of unbranched alkanes of at least 4 members (excludes halogenated alkanes) is 1. The molecule has 0 heterocycles. The fourth-order valence-corrected chi connectivity index (χ4v) is 3.58. The van der Waals surface area contributed by atoms with Gasteiger partial charge in [-0.15, -0.1) is 0 Å². The van der Waals surface area contributed by atoms with Crippen LogP contribution in [0.1, 0.15) is 31.7 Å². The highest BCUT2D eigenvalue weighted by atomic mass is 32.2. The Morgan fingerprint density at radius 2 is 1.85 bits per heavy atom. The Hall–Kier alpha value is -1.69. The summed E-state index contributed by atoms with van der Waals surface area (Å²) < 4.78 is 22.7. The smallest absolute Gasteiger partial charge is 0.332 e. The molecule has 1 aromatic carbocycles. The summed E-state index contributed by atoms with van der Waals surface area (Å²) in [5, 5.41) is 9.29. The second-order valence-electron chi connectivity index (χ2n) is 4.73. The number of carboxylic acid groups (broad SMARTS) is 1. The van der Waals surface area contributed by atoms with Crippen LogP contribution in [0.5, 0.6) is 0 Å². The minimum atomic E-state index is -4.27. The SMILES string of the molecule is CCCCC(C=O)(C(=O)O)S(=O)(=O)c1ccc(C)cc1. The molecule has 110 valence electrons. The zero-order valence-electron chi connectivity index (χ0n) is 11.5. The quantitative estimate of drug-likeness (QED) is 0.614. The minimum absolute atomic E-state index is 0.0418. The van der Waals surface area contributed by atoms with E-state index in [1.165, 1.54) is 12.1 Å². The number of carbonyl (C=O) groups excluding carboxylic acids is 1. The van der Waals surface area contributed by atoms with Gasteiger partial charge >= 0.3 is 5.97 Å². The van der Waals surface area contributed by atoms with E-state index >= 15 is 0 Å². The summed E-state index contributed by atoms with van der Waals surface area (Å²) in [5.74, 6) is -1.62. The van der Waals surface area contributed by atoms with Crippen molar-refractivity contribution in [2.45, 2.75) is 42.8 Å². The molecule has 0 bridgehead atoms. The van der Waals surface area contributed by atoms with Crippen molar-refractivity contribution in [3.05, 3.63) is 29.8 Å². The highest BCUT2D eigenvalue weighted by Gasteiger charge is 2.51. The van der Waals surface area contributed by atoms with Crippen LogP contribution in [-0.2, 0) is 19.4 Å². The van der Waals surface area contributed by atoms with E-state index in [0.717, 1.165) is 5.56 Å². The number of carbonyl (C=O) groups is 2. The van der Waals surface area contributed by atoms with E-state index < -0.39 is 20.6 Å². The Balaban J connectivity index is 3.41. The van der Waals surface area contributed by atoms with Gasteiger partial charge in [-0.05, 0) is 25.5 Å². The standard InChI is InChI=1S/C14H18O5S/c1-3-4-9-14(10-15,13(16)17)20(18,19)12-7-5-11(2)6-8-12/h5-8,10H,3-4,9H2,1-2H3,(H,16,17). The van der Waals surface area contributed by atoms with Gasteiger partial charge in [-0.3, -0.25) is 4.79 Å². The molecular formula is C14H18O5S. The lowest BCUT2D eigenvalue weighted by Gasteiger charge is -2.23. The van der Waals surface area contributed by atoms with Crippen LogP contribution in [0.15, 0.2) is 29.2 Å². The summed E-state index contributed by atoms with van der Waals surface area (Å²) >= 11 is 0. The molecule has 1 rings (SSSR count). The third-order valence-corrected chi connectivity index (χ3v) is 5.59. The normalized spacial score (nSPS) is 14.5. The van der Waals surface area contributed by atoms with Gasteiger partial charge in [-0.2, -0.15) is 0 Å². The van der Waals surface area contributed by atoms with Crippen LogP contribution >= 0.6 is 0 Å². The van der Waals surface area contributed by atoms with Crippen LogP contribution < -0.4 is 0 Å². The van der Waals surface area contributed by atoms with Crippen molar-refractivity contribution in [2.75, 3.05) is 0 Å². The number of sulfone groups is 1. The zero-order valence-corrected chi connectivity index (χ0v) is 12.3. The molecule has 0 spiro atoms. The van der Waals surface area contributed by atoms with Crippen molar-refractivity contribution in [3.63, 3.8) is 0 Å². The van der Waals surface area contributed by atoms with Gasteiger partial charge in [0.15, 0.2) is 6.29 Å². The summed E-state index contributed by atoms with van der Waals surface area (Å²) in [6.07, 6.45) is 0.765. The summed E-state index contributed by atoms with van der Waals surface area (Å²) in [5.41, 5.74) is 0.851. The molecule has 6 heteroatoms. The van der Waals surface area contributed by atoms with Crippen molar-refractivity contribution >= 4 is 22.1 Å². The van der Waals surface area contributed by atoms with Crippen LogP contribution in [0, 0.1) is 6.92 Å². The first-order valence-corrected chi connectivity index (χ1v) is 7.81. The van der Waals surface area contributed by atoms with Gasteiger partial charge in [0.2, 0.25) is 14.6 Å². The number of aldehydes is 1. The predicted molar refractivity (Wildman–Crippen MR) is 74.3 cm³/mol. The molecule has 0 saturated carbocycles. The average Bonchev–Trinajstić information content (AvgIpc) is 2.40. The maximum atomic E-state index is 12.5. The first-order valence-electron chi connectivity index (χ1n) is 6.33. The monoisotopic (exact) mass is 298 g/mol. The maximum absolute atomic E-state index is 12.5. The molecule has 20 heavy (non-hydrogen) atoms. The van der Waals surface area contributed by atoms with Gasteiger partial charge in [0.05, 0.1) is 4.90 Å². The fourth-order valence-electron chi connectivity index (χ4n) is 1.90. The number of aliphatic carboxylic acids is 1. The second-order valence-corrected chi connectivity index (χ2v) is 6.94. The van der Waals surface area contributed by atoms with E-state index in [4.69, 9.17) is 0 Å². The third kappa shape index (κ3) is 2.75. The first kappa shape index (κ1) is 16.4. The third-order valence-electron chi connectivity index (χ3n) is 3.26. The molecule has 0 aliphatic carbocycles. The van der Waals surface area contributed by atoms with E-state index in [1.807, 2.05) is 0 Å². The lowest BCUT2D eigenvalue weighted by molar-refractivity contribution is -0.142. The van der Waals surface area contributed by atoms with Crippen molar-refractivity contribution in [1.82, 2.24) is 0 Å². The molecule has 0 fully saturated rings. The topological polar surface area (TPSA) is 88.5 Å². The molecule has 0 aliphatic heterocycles. The van der Waals surface area contributed by atoms with Gasteiger partial charge in [-0.25, -0.2) is 8.42 Å². The van der Waals surface area contributed by atoms with Crippen LogP contribution in [-0.4, -0.2) is 30.5 Å². The number of hydrogen-bond donors (Lipinski definition) is 1.